The molecule has 0 atom stereocenters. The van der Waals surface area contributed by atoms with E-state index in [4.69, 9.17) is 21.6 Å². The van der Waals surface area contributed by atoms with Crippen molar-refractivity contribution in [2.24, 2.45) is 0 Å². The second-order valence-electron chi connectivity index (χ2n) is 9.14. The molecule has 9 nitrogen and oxygen atoms in total. The Morgan fingerprint density at radius 3 is 2.73 bits per heavy atom. The van der Waals surface area contributed by atoms with Crippen LogP contribution < -0.4 is 10.3 Å². The van der Waals surface area contributed by atoms with Crippen molar-refractivity contribution in [1.82, 2.24) is 24.2 Å². The van der Waals surface area contributed by atoms with Gasteiger partial charge in [-0.3, -0.25) is 19.2 Å². The van der Waals surface area contributed by atoms with E-state index in [0.29, 0.717) is 41.5 Å². The first-order valence-corrected chi connectivity index (χ1v) is 12.2. The largest absolute Gasteiger partial charge is 0.496 e. The maximum atomic E-state index is 12.5. The van der Waals surface area contributed by atoms with Gasteiger partial charge in [-0.05, 0) is 46.0 Å². The third-order valence-electron chi connectivity index (χ3n) is 6.61. The lowest BCUT2D eigenvalue weighted by Gasteiger charge is -2.19. The van der Waals surface area contributed by atoms with E-state index in [1.165, 1.54) is 0 Å². The molecule has 0 saturated heterocycles. The van der Waals surface area contributed by atoms with E-state index in [1.807, 2.05) is 61.7 Å². The average Bonchev–Trinajstić information content (AvgIpc) is 3.38. The molecule has 37 heavy (non-hydrogen) atoms. The fraction of sp³-hybridized carbons (Fsp3) is 0.333. The number of aryl methyl sites for hydroxylation is 2. The number of aromatic amines is 1. The van der Waals surface area contributed by atoms with E-state index in [2.05, 4.69) is 16.2 Å². The number of likely N-dealkylation sites (N-methyl/N-ethyl adjacent to an activating group) is 1. The number of rotatable bonds is 9. The smallest absolute Gasteiger partial charge is 0.256 e. The first kappa shape index (κ1) is 26.2. The number of nitrogens with zero attached hydrogens (tertiary/aromatic N) is 5. The van der Waals surface area contributed by atoms with E-state index in [1.54, 1.807) is 11.8 Å². The van der Waals surface area contributed by atoms with Crippen molar-refractivity contribution >= 4 is 28.8 Å². The van der Waals surface area contributed by atoms with Crippen molar-refractivity contribution in [2.45, 2.75) is 40.4 Å². The van der Waals surface area contributed by atoms with Crippen LogP contribution in [0.4, 0.5) is 0 Å². The van der Waals surface area contributed by atoms with E-state index < -0.39 is 0 Å². The molecule has 10 heteroatoms. The summed E-state index contributed by atoms with van der Waals surface area (Å²) >= 11 is 6.81. The molecule has 0 bridgehead atoms. The van der Waals surface area contributed by atoms with Crippen LogP contribution in [0.15, 0.2) is 29.2 Å². The summed E-state index contributed by atoms with van der Waals surface area (Å²) in [7, 11) is 3.49. The molecular formula is C27H29ClN6O3. The van der Waals surface area contributed by atoms with Gasteiger partial charge < -0.3 is 14.3 Å². The highest BCUT2D eigenvalue weighted by molar-refractivity contribution is 6.37. The van der Waals surface area contributed by atoms with Gasteiger partial charge in [-0.2, -0.15) is 10.4 Å². The Morgan fingerprint density at radius 2 is 2.05 bits per heavy atom. The topological polar surface area (TPSA) is 109 Å². The van der Waals surface area contributed by atoms with Gasteiger partial charge in [-0.15, -0.1) is 0 Å². The predicted octanol–water partition coefficient (Wildman–Crippen LogP) is 4.25. The Bertz CT molecular complexity index is 1590. The summed E-state index contributed by atoms with van der Waals surface area (Å²) in [5, 5.41) is 14.8. The summed E-state index contributed by atoms with van der Waals surface area (Å²) in [4.78, 5) is 29.6. The van der Waals surface area contributed by atoms with Crippen molar-refractivity contribution in [1.29, 1.82) is 5.26 Å². The van der Waals surface area contributed by atoms with E-state index in [9.17, 15) is 9.59 Å². The van der Waals surface area contributed by atoms with E-state index in [0.717, 1.165) is 45.4 Å². The highest BCUT2D eigenvalue weighted by Gasteiger charge is 2.21. The maximum Gasteiger partial charge on any atom is 0.256 e. The Hall–Kier alpha value is -3.87. The van der Waals surface area contributed by atoms with Crippen molar-refractivity contribution in [3.05, 3.63) is 68.0 Å². The number of halogens is 1. The molecule has 3 aromatic heterocycles. The monoisotopic (exact) mass is 520 g/mol. The minimum atomic E-state index is -0.165. The van der Waals surface area contributed by atoms with Crippen molar-refractivity contribution in [3.8, 4) is 22.9 Å². The van der Waals surface area contributed by atoms with E-state index >= 15 is 0 Å². The van der Waals surface area contributed by atoms with Crippen LogP contribution in [0.1, 0.15) is 33.0 Å². The molecule has 0 aliphatic rings. The highest BCUT2D eigenvalue weighted by Crippen LogP contribution is 2.39. The first-order chi connectivity index (χ1) is 17.7. The summed E-state index contributed by atoms with van der Waals surface area (Å²) in [5.74, 6) is 0.561. The van der Waals surface area contributed by atoms with Crippen LogP contribution in [0.2, 0.25) is 5.02 Å². The number of aromatic nitrogens is 4. The molecule has 0 fully saturated rings. The minimum absolute atomic E-state index is 0.136. The van der Waals surface area contributed by atoms with Gasteiger partial charge in [0.1, 0.15) is 12.3 Å². The number of ether oxygens (including phenoxy) is 1. The number of aldehydes is 1. The van der Waals surface area contributed by atoms with Gasteiger partial charge in [0.2, 0.25) is 0 Å². The molecule has 0 unspecified atom stereocenters. The fourth-order valence-corrected chi connectivity index (χ4v) is 5.10. The number of methoxy groups -OCH3 is 1. The summed E-state index contributed by atoms with van der Waals surface area (Å²) in [5.41, 5.74) is 5.41. The number of pyridine rings is 1. The number of carbonyl (C=O) groups is 1. The van der Waals surface area contributed by atoms with Gasteiger partial charge in [0.25, 0.3) is 5.56 Å². The molecule has 4 aromatic rings. The Balaban J connectivity index is 1.65. The van der Waals surface area contributed by atoms with Crippen LogP contribution in [-0.4, -0.2) is 51.2 Å². The number of H-pyrrole nitrogens is 1. The van der Waals surface area contributed by atoms with Gasteiger partial charge in [0.05, 0.1) is 40.5 Å². The van der Waals surface area contributed by atoms with Crippen LogP contribution in [0, 0.1) is 32.1 Å². The van der Waals surface area contributed by atoms with Gasteiger partial charge in [0, 0.05) is 53.7 Å². The first-order valence-electron chi connectivity index (χ1n) is 11.8. The number of carbonyl (C=O) groups excluding carboxylic acids is 1. The van der Waals surface area contributed by atoms with Crippen molar-refractivity contribution in [2.75, 3.05) is 20.7 Å². The van der Waals surface area contributed by atoms with Crippen LogP contribution in [0.3, 0.4) is 0 Å². The molecule has 0 aliphatic heterocycles. The number of benzene rings is 1. The van der Waals surface area contributed by atoms with Crippen LogP contribution >= 0.6 is 11.6 Å². The summed E-state index contributed by atoms with van der Waals surface area (Å²) in [6, 6.07) is 7.85. The SMILES string of the molecule is COc1cc(C)[nH]c(=O)c1CN(C)CCn1ccc2cc(-c3c(C)nn(CC#N)c3C)c(Cl)c(C=O)c21. The molecule has 3 heterocycles. The summed E-state index contributed by atoms with van der Waals surface area (Å²) in [6.07, 6.45) is 2.72. The normalized spacial score (nSPS) is 11.3. The molecule has 0 spiro atoms. The van der Waals surface area contributed by atoms with Gasteiger partial charge in [0.15, 0.2) is 6.29 Å². The van der Waals surface area contributed by atoms with Crippen LogP contribution in [-0.2, 0) is 19.6 Å². The third kappa shape index (κ3) is 4.90. The molecule has 0 aliphatic carbocycles. The number of nitriles is 1. The molecule has 1 aromatic carbocycles. The second kappa shape index (κ2) is 10.6. The molecule has 0 radical (unpaired) electrons. The number of fused-ring (bicyclic) bond motifs is 1. The lowest BCUT2D eigenvalue weighted by atomic mass is 9.99. The maximum absolute atomic E-state index is 12.5. The van der Waals surface area contributed by atoms with Gasteiger partial charge in [-0.25, -0.2) is 0 Å². The zero-order chi connectivity index (χ0) is 26.9. The predicted molar refractivity (Wildman–Crippen MR) is 143 cm³/mol. The zero-order valence-corrected chi connectivity index (χ0v) is 22.3. The van der Waals surface area contributed by atoms with Crippen LogP contribution in [0.25, 0.3) is 22.0 Å². The Labute approximate surface area is 219 Å². The van der Waals surface area contributed by atoms with Crippen molar-refractivity contribution < 1.29 is 9.53 Å². The van der Waals surface area contributed by atoms with Crippen LogP contribution in [0.5, 0.6) is 5.75 Å². The molecule has 192 valence electrons. The standard InChI is InChI=1S/C27H29ClN6O3/c1-16-12-23(37-5)21(27(36)30-16)14-32(4)10-11-33-8-6-19-13-20(25(28)22(15-35)26(19)33)24-17(2)31-34(9-7-29)18(24)3/h6,8,12-13,15H,9-11,14H2,1-5H3,(H,30,36). The molecule has 4 rings (SSSR count). The third-order valence-corrected chi connectivity index (χ3v) is 7.02. The van der Waals surface area contributed by atoms with Gasteiger partial charge >= 0.3 is 0 Å². The molecule has 1 N–H and O–H groups in total. The molecule has 0 amide bonds. The minimum Gasteiger partial charge on any atom is -0.496 e. The second-order valence-corrected chi connectivity index (χ2v) is 9.52. The summed E-state index contributed by atoms with van der Waals surface area (Å²) in [6.45, 7) is 7.33. The van der Waals surface area contributed by atoms with Gasteiger partial charge in [-0.1, -0.05) is 11.6 Å². The average molecular weight is 521 g/mol. The summed E-state index contributed by atoms with van der Waals surface area (Å²) < 4.78 is 9.05. The zero-order valence-electron chi connectivity index (χ0n) is 21.6. The molecule has 0 saturated carbocycles. The van der Waals surface area contributed by atoms with Crippen molar-refractivity contribution in [3.63, 3.8) is 0 Å². The van der Waals surface area contributed by atoms with E-state index in [-0.39, 0.29) is 12.1 Å². The lowest BCUT2D eigenvalue weighted by Crippen LogP contribution is -2.27. The Morgan fingerprint density at radius 1 is 1.30 bits per heavy atom. The Kier molecular flexibility index (Phi) is 7.52. The molecular weight excluding hydrogens is 492 g/mol. The quantitative estimate of drug-likeness (QED) is 0.330. The fourth-order valence-electron chi connectivity index (χ4n) is 4.81. The highest BCUT2D eigenvalue weighted by atomic mass is 35.5. The number of nitrogens with one attached hydrogen (secondary N) is 1. The lowest BCUT2D eigenvalue weighted by molar-refractivity contribution is 0.112. The number of hydrogen-bond acceptors (Lipinski definition) is 6. The number of hydrogen-bond donors (Lipinski definition) is 1.